The Morgan fingerprint density at radius 3 is 2.90 bits per heavy atom. The van der Waals surface area contributed by atoms with Crippen LogP contribution in [0.5, 0.6) is 0 Å². The van der Waals surface area contributed by atoms with E-state index in [-0.39, 0.29) is 0 Å². The maximum absolute atomic E-state index is 7.67. The highest BCUT2D eigenvalue weighted by Gasteiger charge is 2.11. The molecule has 0 amide bonds. The summed E-state index contributed by atoms with van der Waals surface area (Å²) < 4.78 is 0. The molecule has 1 heterocycles. The maximum Gasteiger partial charge on any atom is 0.118 e. The lowest BCUT2D eigenvalue weighted by atomic mass is 9.99. The first kappa shape index (κ1) is 15.1. The van der Waals surface area contributed by atoms with Gasteiger partial charge in [0.05, 0.1) is 0 Å². The predicted octanol–water partition coefficient (Wildman–Crippen LogP) is 2.91. The van der Waals surface area contributed by atoms with Crippen LogP contribution in [0.15, 0.2) is 27.3 Å². The maximum atomic E-state index is 7.67. The lowest BCUT2D eigenvalue weighted by Crippen LogP contribution is -2.22. The Labute approximate surface area is 125 Å². The van der Waals surface area contributed by atoms with E-state index in [1.807, 2.05) is 19.4 Å². The summed E-state index contributed by atoms with van der Waals surface area (Å²) >= 11 is 0. The fraction of sp³-hybridized carbons (Fsp3) is 0.375. The van der Waals surface area contributed by atoms with Crippen LogP contribution in [0.2, 0.25) is 0 Å². The van der Waals surface area contributed by atoms with Gasteiger partial charge < -0.3 is 10.3 Å². The first-order valence-electron chi connectivity index (χ1n) is 7.29. The minimum absolute atomic E-state index is 0.738. The normalized spacial score (nSPS) is 14.7. The van der Waals surface area contributed by atoms with Crippen LogP contribution in [-0.4, -0.2) is 38.1 Å². The number of aryl methyl sites for hydroxylation is 1. The van der Waals surface area contributed by atoms with Crippen molar-refractivity contribution in [2.24, 2.45) is 15.2 Å². The second-order valence-corrected chi connectivity index (χ2v) is 4.74. The van der Waals surface area contributed by atoms with Gasteiger partial charge in [-0.15, -0.1) is 5.10 Å². The third-order valence-corrected chi connectivity index (χ3v) is 3.39. The first-order valence-corrected chi connectivity index (χ1v) is 7.29. The van der Waals surface area contributed by atoms with E-state index in [1.54, 1.807) is 6.34 Å². The van der Waals surface area contributed by atoms with Crippen LogP contribution >= 0.6 is 0 Å². The molecule has 1 aromatic rings. The Morgan fingerprint density at radius 2 is 2.19 bits per heavy atom. The standard InChI is InChI=1S/C16H21N5/c1-3-13-8-15(21-7-5-6-19-20-12-21)9-14(11-18-4-2)16(13)10-17/h6,8-12,17H,3-5,7H2,1-2H3. The SMILES string of the molecule is CCN=Cc1cc(N2C=NN=CCC2)cc(CC)c1C=N. The Hall–Kier alpha value is -2.30. The molecule has 5 heteroatoms. The molecule has 0 saturated carbocycles. The highest BCUT2D eigenvalue weighted by atomic mass is 15.3. The molecule has 5 nitrogen and oxygen atoms in total. The Kier molecular flexibility index (Phi) is 5.37. The van der Waals surface area contributed by atoms with Crippen LogP contribution in [0.3, 0.4) is 0 Å². The molecule has 0 saturated heterocycles. The van der Waals surface area contributed by atoms with E-state index in [0.29, 0.717) is 0 Å². The zero-order valence-electron chi connectivity index (χ0n) is 12.6. The van der Waals surface area contributed by atoms with Crippen molar-refractivity contribution < 1.29 is 0 Å². The zero-order chi connectivity index (χ0) is 15.1. The summed E-state index contributed by atoms with van der Waals surface area (Å²) in [6.07, 6.45) is 8.60. The van der Waals surface area contributed by atoms with E-state index in [4.69, 9.17) is 5.41 Å². The molecule has 21 heavy (non-hydrogen) atoms. The van der Waals surface area contributed by atoms with E-state index < -0.39 is 0 Å². The Balaban J connectivity index is 2.46. The second kappa shape index (κ2) is 7.47. The molecule has 0 aliphatic carbocycles. The molecule has 110 valence electrons. The lowest BCUT2D eigenvalue weighted by Gasteiger charge is -2.20. The summed E-state index contributed by atoms with van der Waals surface area (Å²) in [5.74, 6) is 0. The quantitative estimate of drug-likeness (QED) is 0.830. The number of benzene rings is 1. The van der Waals surface area contributed by atoms with Crippen LogP contribution in [0.1, 0.15) is 37.0 Å². The smallest absolute Gasteiger partial charge is 0.118 e. The molecule has 1 aromatic carbocycles. The van der Waals surface area contributed by atoms with E-state index in [2.05, 4.69) is 39.2 Å². The molecule has 0 aromatic heterocycles. The topological polar surface area (TPSA) is 64.2 Å². The van der Waals surface area contributed by atoms with Gasteiger partial charge >= 0.3 is 0 Å². The molecule has 0 unspecified atom stereocenters. The fourth-order valence-electron chi connectivity index (χ4n) is 2.30. The van der Waals surface area contributed by atoms with Gasteiger partial charge in [0.25, 0.3) is 0 Å². The number of hydrogen-bond acceptors (Lipinski definition) is 5. The Morgan fingerprint density at radius 1 is 1.33 bits per heavy atom. The molecule has 1 aliphatic rings. The summed E-state index contributed by atoms with van der Waals surface area (Å²) in [4.78, 5) is 6.41. The van der Waals surface area contributed by atoms with Crippen molar-refractivity contribution in [3.63, 3.8) is 0 Å². The van der Waals surface area contributed by atoms with Crippen molar-refractivity contribution in [2.45, 2.75) is 26.7 Å². The molecule has 0 fully saturated rings. The third kappa shape index (κ3) is 3.62. The van der Waals surface area contributed by atoms with Crippen LogP contribution in [-0.2, 0) is 6.42 Å². The van der Waals surface area contributed by atoms with Gasteiger partial charge in [-0.1, -0.05) is 6.92 Å². The highest BCUT2D eigenvalue weighted by Crippen LogP contribution is 2.23. The average molecular weight is 283 g/mol. The van der Waals surface area contributed by atoms with Gasteiger partial charge in [-0.25, -0.2) is 0 Å². The van der Waals surface area contributed by atoms with E-state index in [1.165, 1.54) is 6.21 Å². The van der Waals surface area contributed by atoms with E-state index >= 15 is 0 Å². The number of hydrogen-bond donors (Lipinski definition) is 1. The number of rotatable bonds is 5. The molecule has 0 atom stereocenters. The summed E-state index contributed by atoms with van der Waals surface area (Å²) in [7, 11) is 0. The van der Waals surface area contributed by atoms with Crippen LogP contribution < -0.4 is 4.90 Å². The highest BCUT2D eigenvalue weighted by molar-refractivity contribution is 5.97. The number of aliphatic imine (C=N–C) groups is 1. The third-order valence-electron chi connectivity index (χ3n) is 3.39. The molecule has 0 spiro atoms. The average Bonchev–Trinajstić information content (AvgIpc) is 2.81. The van der Waals surface area contributed by atoms with Gasteiger partial charge in [0.1, 0.15) is 6.34 Å². The molecule has 2 rings (SSSR count). The Bertz CT molecular complexity index is 587. The van der Waals surface area contributed by atoms with Crippen molar-refractivity contribution in [3.8, 4) is 0 Å². The van der Waals surface area contributed by atoms with Crippen LogP contribution in [0.4, 0.5) is 5.69 Å². The summed E-state index contributed by atoms with van der Waals surface area (Å²) in [6, 6.07) is 4.19. The van der Waals surface area contributed by atoms with Crippen molar-refractivity contribution in [2.75, 3.05) is 18.0 Å². The summed E-state index contributed by atoms with van der Waals surface area (Å²) in [5, 5.41) is 15.6. The van der Waals surface area contributed by atoms with Gasteiger partial charge in [-0.3, -0.25) is 4.99 Å². The minimum atomic E-state index is 0.738. The lowest BCUT2D eigenvalue weighted by molar-refractivity contribution is 1.02. The van der Waals surface area contributed by atoms with Crippen LogP contribution in [0, 0.1) is 5.41 Å². The monoisotopic (exact) mass is 283 g/mol. The number of anilines is 1. The largest absolute Gasteiger partial charge is 0.331 e. The molecule has 0 radical (unpaired) electrons. The second-order valence-electron chi connectivity index (χ2n) is 4.74. The van der Waals surface area contributed by atoms with E-state index in [9.17, 15) is 0 Å². The van der Waals surface area contributed by atoms with Crippen molar-refractivity contribution in [3.05, 3.63) is 28.8 Å². The fourth-order valence-corrected chi connectivity index (χ4v) is 2.30. The van der Waals surface area contributed by atoms with Crippen molar-refractivity contribution >= 4 is 30.7 Å². The summed E-state index contributed by atoms with van der Waals surface area (Å²) in [5.41, 5.74) is 4.16. The van der Waals surface area contributed by atoms with E-state index in [0.717, 1.165) is 48.3 Å². The van der Waals surface area contributed by atoms with Crippen molar-refractivity contribution in [1.29, 1.82) is 5.41 Å². The van der Waals surface area contributed by atoms with Gasteiger partial charge in [-0.05, 0) is 31.0 Å². The number of nitrogens with zero attached hydrogens (tertiary/aromatic N) is 4. The van der Waals surface area contributed by atoms with Crippen LogP contribution in [0.25, 0.3) is 0 Å². The van der Waals surface area contributed by atoms with Crippen molar-refractivity contribution in [1.82, 2.24) is 0 Å². The first-order chi connectivity index (χ1) is 10.3. The van der Waals surface area contributed by atoms with Gasteiger partial charge in [0, 0.05) is 55.0 Å². The molecule has 1 aliphatic heterocycles. The minimum Gasteiger partial charge on any atom is -0.331 e. The molecular formula is C16H21N5. The van der Waals surface area contributed by atoms with Gasteiger partial charge in [0.15, 0.2) is 0 Å². The molecular weight excluding hydrogens is 262 g/mol. The number of nitrogens with one attached hydrogen (secondary N) is 1. The predicted molar refractivity (Wildman–Crippen MR) is 90.8 cm³/mol. The molecule has 1 N–H and O–H groups in total. The van der Waals surface area contributed by atoms with Gasteiger partial charge in [0.2, 0.25) is 0 Å². The summed E-state index contributed by atoms with van der Waals surface area (Å²) in [6.45, 7) is 5.70. The van der Waals surface area contributed by atoms with Gasteiger partial charge in [-0.2, -0.15) is 5.10 Å². The molecule has 0 bridgehead atoms. The zero-order valence-corrected chi connectivity index (χ0v) is 12.6.